The van der Waals surface area contributed by atoms with E-state index in [2.05, 4.69) is 15.1 Å². The molecule has 98 valence electrons. The Labute approximate surface area is 101 Å². The van der Waals surface area contributed by atoms with Gasteiger partial charge < -0.3 is 10.0 Å². The molecular weight excluding hydrogens is 249 g/mol. The van der Waals surface area contributed by atoms with Crippen LogP contribution in [0, 0.1) is 0 Å². The van der Waals surface area contributed by atoms with Crippen molar-refractivity contribution >= 4 is 11.4 Å². The molecule has 0 aliphatic heterocycles. The maximum absolute atomic E-state index is 12.4. The zero-order chi connectivity index (χ0) is 13.8. The largest absolute Gasteiger partial charge is 0.416 e. The number of nitrogens with zero attached hydrogens (tertiary/aromatic N) is 2. The van der Waals surface area contributed by atoms with Crippen molar-refractivity contribution in [3.05, 3.63) is 35.4 Å². The summed E-state index contributed by atoms with van der Waals surface area (Å²) in [5.74, 6) is 0. The fourth-order valence-electron chi connectivity index (χ4n) is 1.28. The van der Waals surface area contributed by atoms with Gasteiger partial charge in [-0.2, -0.15) is 13.2 Å². The van der Waals surface area contributed by atoms with E-state index in [0.717, 1.165) is 12.1 Å². The fourth-order valence-corrected chi connectivity index (χ4v) is 1.28. The van der Waals surface area contributed by atoms with E-state index in [1.54, 1.807) is 0 Å². The average molecular weight is 260 g/mol. The first kappa shape index (κ1) is 14.0. The second kappa shape index (κ2) is 5.52. The molecule has 0 unspecified atom stereocenters. The zero-order valence-corrected chi connectivity index (χ0v) is 9.69. The summed E-state index contributed by atoms with van der Waals surface area (Å²) in [6, 6.07) is 4.31. The monoisotopic (exact) mass is 260 g/mol. The minimum atomic E-state index is -4.39. The molecule has 0 aliphatic carbocycles. The van der Waals surface area contributed by atoms with Crippen LogP contribution in [0.1, 0.15) is 18.1 Å². The Morgan fingerprint density at radius 3 is 2.17 bits per heavy atom. The van der Waals surface area contributed by atoms with Crippen LogP contribution in [0.3, 0.4) is 0 Å². The first-order valence-corrected chi connectivity index (χ1v) is 4.88. The number of alkyl halides is 3. The van der Waals surface area contributed by atoms with E-state index < -0.39 is 11.7 Å². The van der Waals surface area contributed by atoms with Crippen LogP contribution < -0.4 is 0 Å². The normalized spacial score (nSPS) is 13.6. The molecule has 0 fully saturated rings. The molecule has 18 heavy (non-hydrogen) atoms. The van der Waals surface area contributed by atoms with Gasteiger partial charge in [-0.15, -0.1) is 0 Å². The molecule has 0 saturated carbocycles. The summed E-state index contributed by atoms with van der Waals surface area (Å²) in [5, 5.41) is 15.2. The van der Waals surface area contributed by atoms with Gasteiger partial charge in [-0.05, 0) is 19.1 Å². The van der Waals surface area contributed by atoms with Crippen LogP contribution in [-0.2, 0) is 11.0 Å². The summed E-state index contributed by atoms with van der Waals surface area (Å²) in [6.07, 6.45) is -4.39. The van der Waals surface area contributed by atoms with Crippen LogP contribution in [0.2, 0.25) is 0 Å². The molecule has 0 bridgehead atoms. The Morgan fingerprint density at radius 2 is 1.78 bits per heavy atom. The van der Waals surface area contributed by atoms with Gasteiger partial charge in [0.05, 0.1) is 5.56 Å². The maximum atomic E-state index is 12.4. The summed E-state index contributed by atoms with van der Waals surface area (Å²) in [4.78, 5) is 4.55. The van der Waals surface area contributed by atoms with Crippen molar-refractivity contribution in [1.82, 2.24) is 0 Å². The number of oxime groups is 2. The third kappa shape index (κ3) is 3.22. The Kier molecular flexibility index (Phi) is 4.30. The molecule has 0 amide bonds. The molecule has 0 saturated heterocycles. The smallest absolute Gasteiger partial charge is 0.411 e. The highest BCUT2D eigenvalue weighted by molar-refractivity contribution is 6.47. The van der Waals surface area contributed by atoms with Crippen molar-refractivity contribution in [3.8, 4) is 0 Å². The van der Waals surface area contributed by atoms with Crippen molar-refractivity contribution in [2.45, 2.75) is 13.1 Å². The minimum Gasteiger partial charge on any atom is -0.411 e. The van der Waals surface area contributed by atoms with Gasteiger partial charge in [-0.25, -0.2) is 0 Å². The standard InChI is InChI=1S/C11H11F3N2O2/c1-7(15-17)10(16-18-2)8-3-5-9(6-4-8)11(12,13)14/h3-6,17H,1-2H3/b15-7+,16-10-. The zero-order valence-electron chi connectivity index (χ0n) is 9.69. The lowest BCUT2D eigenvalue weighted by Gasteiger charge is -2.08. The lowest BCUT2D eigenvalue weighted by Crippen LogP contribution is -2.13. The number of benzene rings is 1. The SMILES string of the molecule is CO/N=C(/C(C)=N/O)c1ccc(C(F)(F)F)cc1. The molecule has 0 aliphatic rings. The third-order valence-corrected chi connectivity index (χ3v) is 2.16. The van der Waals surface area contributed by atoms with Gasteiger partial charge in [0, 0.05) is 5.56 Å². The molecule has 4 nitrogen and oxygen atoms in total. The van der Waals surface area contributed by atoms with Gasteiger partial charge in [0.1, 0.15) is 18.5 Å². The first-order valence-electron chi connectivity index (χ1n) is 4.88. The minimum absolute atomic E-state index is 0.136. The second-order valence-electron chi connectivity index (χ2n) is 3.38. The van der Waals surface area contributed by atoms with E-state index in [1.807, 2.05) is 0 Å². The van der Waals surface area contributed by atoms with Crippen LogP contribution >= 0.6 is 0 Å². The van der Waals surface area contributed by atoms with Crippen molar-refractivity contribution < 1.29 is 23.2 Å². The number of halogens is 3. The van der Waals surface area contributed by atoms with Gasteiger partial charge in [0.15, 0.2) is 0 Å². The third-order valence-electron chi connectivity index (χ3n) is 2.16. The van der Waals surface area contributed by atoms with Gasteiger partial charge in [0.2, 0.25) is 0 Å². The topological polar surface area (TPSA) is 54.2 Å². The number of hydrogen-bond donors (Lipinski definition) is 1. The molecular formula is C11H11F3N2O2. The highest BCUT2D eigenvalue weighted by Gasteiger charge is 2.30. The van der Waals surface area contributed by atoms with Crippen LogP contribution in [0.4, 0.5) is 13.2 Å². The second-order valence-corrected chi connectivity index (χ2v) is 3.38. The highest BCUT2D eigenvalue weighted by Crippen LogP contribution is 2.29. The highest BCUT2D eigenvalue weighted by atomic mass is 19.4. The molecule has 1 rings (SSSR count). The van der Waals surface area contributed by atoms with E-state index in [4.69, 9.17) is 5.21 Å². The van der Waals surface area contributed by atoms with Gasteiger partial charge in [-0.3, -0.25) is 0 Å². The van der Waals surface area contributed by atoms with Crippen molar-refractivity contribution in [2.75, 3.05) is 7.11 Å². The summed E-state index contributed by atoms with van der Waals surface area (Å²) < 4.78 is 37.1. The Hall–Kier alpha value is -2.05. The summed E-state index contributed by atoms with van der Waals surface area (Å²) in [6.45, 7) is 1.45. The van der Waals surface area contributed by atoms with E-state index in [-0.39, 0.29) is 11.4 Å². The average Bonchev–Trinajstić information content (AvgIpc) is 2.34. The molecule has 0 heterocycles. The van der Waals surface area contributed by atoms with E-state index in [9.17, 15) is 13.2 Å². The predicted octanol–water partition coefficient (Wildman–Crippen LogP) is 2.91. The molecule has 0 atom stereocenters. The molecule has 7 heteroatoms. The molecule has 1 N–H and O–H groups in total. The van der Waals surface area contributed by atoms with Crippen molar-refractivity contribution in [1.29, 1.82) is 0 Å². The fraction of sp³-hybridized carbons (Fsp3) is 0.273. The number of rotatable bonds is 3. The number of hydrogen-bond acceptors (Lipinski definition) is 4. The van der Waals surface area contributed by atoms with Crippen LogP contribution in [0.25, 0.3) is 0 Å². The Balaban J connectivity index is 3.14. The quantitative estimate of drug-likeness (QED) is 0.516. The first-order chi connectivity index (χ1) is 8.40. The molecule has 0 spiro atoms. The molecule has 1 aromatic rings. The van der Waals surface area contributed by atoms with Crippen LogP contribution in [0.5, 0.6) is 0 Å². The van der Waals surface area contributed by atoms with E-state index in [1.165, 1.54) is 26.2 Å². The van der Waals surface area contributed by atoms with Crippen molar-refractivity contribution in [2.24, 2.45) is 10.3 Å². The van der Waals surface area contributed by atoms with Gasteiger partial charge in [0.25, 0.3) is 0 Å². The Bertz CT molecular complexity index is 464. The van der Waals surface area contributed by atoms with Gasteiger partial charge >= 0.3 is 6.18 Å². The summed E-state index contributed by atoms with van der Waals surface area (Å²) in [5.41, 5.74) is -0.105. The van der Waals surface area contributed by atoms with Gasteiger partial charge in [-0.1, -0.05) is 22.4 Å². The Morgan fingerprint density at radius 1 is 1.22 bits per heavy atom. The van der Waals surface area contributed by atoms with Crippen LogP contribution in [-0.4, -0.2) is 23.7 Å². The lowest BCUT2D eigenvalue weighted by molar-refractivity contribution is -0.137. The van der Waals surface area contributed by atoms with E-state index in [0.29, 0.717) is 5.56 Å². The molecule has 0 aromatic heterocycles. The summed E-state index contributed by atoms with van der Waals surface area (Å²) >= 11 is 0. The van der Waals surface area contributed by atoms with Crippen molar-refractivity contribution in [3.63, 3.8) is 0 Å². The molecule has 1 aromatic carbocycles. The predicted molar refractivity (Wildman–Crippen MR) is 59.9 cm³/mol. The van der Waals surface area contributed by atoms with Crippen LogP contribution in [0.15, 0.2) is 34.6 Å². The summed E-state index contributed by atoms with van der Waals surface area (Å²) in [7, 11) is 1.29. The van der Waals surface area contributed by atoms with E-state index >= 15 is 0 Å². The maximum Gasteiger partial charge on any atom is 0.416 e. The molecule has 0 radical (unpaired) electrons. The lowest BCUT2D eigenvalue weighted by atomic mass is 10.0.